The SMILES string of the molecule is CCOc1nc2cccc(C(=O)O)c2n1Cc1ccc(-c2ccccc2)c(S(=O)(=O)Nc2onc(C)c2C)c1. The maximum absolute atomic E-state index is 13.7. The Morgan fingerprint density at radius 2 is 1.85 bits per heavy atom. The van der Waals surface area contributed by atoms with Gasteiger partial charge in [0.15, 0.2) is 0 Å². The molecule has 10 nitrogen and oxygen atoms in total. The standard InChI is InChI=1S/C28H26N4O6S/c1-4-37-28-29-23-12-8-11-22(27(33)34)25(23)32(28)16-19-13-14-21(20-9-6-5-7-10-20)24(15-19)39(35,36)31-26-17(2)18(3)30-38-26/h5-15,31H,4,16H2,1-3H3,(H,33,34). The highest BCUT2D eigenvalue weighted by molar-refractivity contribution is 7.92. The molecule has 39 heavy (non-hydrogen) atoms. The van der Waals surface area contributed by atoms with Crippen LogP contribution in [0.15, 0.2) is 76.1 Å². The molecule has 0 amide bonds. The number of aromatic nitrogens is 3. The molecule has 2 aromatic heterocycles. The summed E-state index contributed by atoms with van der Waals surface area (Å²) < 4.78 is 42.5. The highest BCUT2D eigenvalue weighted by Gasteiger charge is 2.25. The lowest BCUT2D eigenvalue weighted by atomic mass is 10.0. The van der Waals surface area contributed by atoms with Crippen LogP contribution in [0, 0.1) is 13.8 Å². The molecule has 0 atom stereocenters. The molecule has 0 aliphatic heterocycles. The Morgan fingerprint density at radius 1 is 1.08 bits per heavy atom. The van der Waals surface area contributed by atoms with E-state index >= 15 is 0 Å². The fraction of sp³-hybridized carbons (Fsp3) is 0.179. The van der Waals surface area contributed by atoms with Crippen molar-refractivity contribution in [3.8, 4) is 17.1 Å². The topological polar surface area (TPSA) is 137 Å². The summed E-state index contributed by atoms with van der Waals surface area (Å²) in [6, 6.07) is 19.3. The predicted octanol–water partition coefficient (Wildman–Crippen LogP) is 5.25. The highest BCUT2D eigenvalue weighted by atomic mass is 32.2. The van der Waals surface area contributed by atoms with Gasteiger partial charge in [-0.25, -0.2) is 17.9 Å². The van der Waals surface area contributed by atoms with Gasteiger partial charge in [-0.15, -0.1) is 0 Å². The second-order valence-corrected chi connectivity index (χ2v) is 10.6. The van der Waals surface area contributed by atoms with E-state index in [0.717, 1.165) is 0 Å². The number of hydrogen-bond acceptors (Lipinski definition) is 7. The van der Waals surface area contributed by atoms with Gasteiger partial charge in [0.25, 0.3) is 16.0 Å². The van der Waals surface area contributed by atoms with Crippen molar-refractivity contribution >= 4 is 32.9 Å². The Hall–Kier alpha value is -4.64. The van der Waals surface area contributed by atoms with Gasteiger partial charge in [-0.2, -0.15) is 4.98 Å². The summed E-state index contributed by atoms with van der Waals surface area (Å²) in [5.74, 6) is -1.06. The Labute approximate surface area is 224 Å². The fourth-order valence-corrected chi connectivity index (χ4v) is 5.66. The molecule has 200 valence electrons. The molecule has 2 N–H and O–H groups in total. The first-order valence-electron chi connectivity index (χ1n) is 12.2. The predicted molar refractivity (Wildman–Crippen MR) is 146 cm³/mol. The third-order valence-electron chi connectivity index (χ3n) is 6.38. The summed E-state index contributed by atoms with van der Waals surface area (Å²) in [4.78, 5) is 16.5. The summed E-state index contributed by atoms with van der Waals surface area (Å²) in [7, 11) is -4.12. The fourth-order valence-electron chi connectivity index (χ4n) is 4.34. The zero-order valence-electron chi connectivity index (χ0n) is 21.5. The van der Waals surface area contributed by atoms with Crippen molar-refractivity contribution in [2.75, 3.05) is 11.3 Å². The van der Waals surface area contributed by atoms with Gasteiger partial charge in [-0.1, -0.05) is 53.7 Å². The van der Waals surface area contributed by atoms with Crippen LogP contribution in [0.5, 0.6) is 6.01 Å². The molecule has 5 rings (SSSR count). The van der Waals surface area contributed by atoms with E-state index in [-0.39, 0.29) is 28.9 Å². The van der Waals surface area contributed by atoms with Crippen LogP contribution in [0.1, 0.15) is 34.1 Å². The van der Waals surface area contributed by atoms with Crippen molar-refractivity contribution in [1.82, 2.24) is 14.7 Å². The molecule has 0 bridgehead atoms. The lowest BCUT2D eigenvalue weighted by Crippen LogP contribution is -2.15. The average Bonchev–Trinajstić information content (AvgIpc) is 3.43. The van der Waals surface area contributed by atoms with Crippen LogP contribution in [0.25, 0.3) is 22.2 Å². The van der Waals surface area contributed by atoms with Gasteiger partial charge in [0, 0.05) is 11.1 Å². The number of nitrogens with zero attached hydrogens (tertiary/aromatic N) is 3. The number of ether oxygens (including phenoxy) is 1. The van der Waals surface area contributed by atoms with Gasteiger partial charge in [-0.05, 0) is 50.1 Å². The maximum Gasteiger partial charge on any atom is 0.337 e. The van der Waals surface area contributed by atoms with Gasteiger partial charge < -0.3 is 14.4 Å². The summed E-state index contributed by atoms with van der Waals surface area (Å²) in [5, 5.41) is 13.7. The lowest BCUT2D eigenvalue weighted by molar-refractivity contribution is 0.0698. The van der Waals surface area contributed by atoms with Gasteiger partial charge in [0.2, 0.25) is 5.88 Å². The molecule has 0 aliphatic rings. The van der Waals surface area contributed by atoms with Crippen molar-refractivity contribution in [2.24, 2.45) is 0 Å². The number of anilines is 1. The summed E-state index contributed by atoms with van der Waals surface area (Å²) in [6.45, 7) is 5.69. The van der Waals surface area contributed by atoms with Crippen LogP contribution in [-0.4, -0.2) is 40.8 Å². The maximum atomic E-state index is 13.7. The molecule has 2 heterocycles. The molecule has 0 unspecified atom stereocenters. The number of fused-ring (bicyclic) bond motifs is 1. The van der Waals surface area contributed by atoms with Crippen LogP contribution in [0.2, 0.25) is 0 Å². The molecule has 0 fully saturated rings. The van der Waals surface area contributed by atoms with Gasteiger partial charge in [0.05, 0.1) is 40.3 Å². The van der Waals surface area contributed by atoms with Gasteiger partial charge in [0.1, 0.15) is 0 Å². The molecule has 0 radical (unpaired) electrons. The number of rotatable bonds is 9. The highest BCUT2D eigenvalue weighted by Crippen LogP contribution is 2.32. The minimum absolute atomic E-state index is 0.0282. The quantitative estimate of drug-likeness (QED) is 0.256. The van der Waals surface area contributed by atoms with Crippen LogP contribution >= 0.6 is 0 Å². The van der Waals surface area contributed by atoms with Crippen LogP contribution in [-0.2, 0) is 16.6 Å². The number of para-hydroxylation sites is 1. The minimum atomic E-state index is -4.12. The van der Waals surface area contributed by atoms with Gasteiger partial charge in [-0.3, -0.25) is 4.57 Å². The molecule has 3 aromatic carbocycles. The number of carboxylic acids is 1. The van der Waals surface area contributed by atoms with Crippen molar-refractivity contribution in [2.45, 2.75) is 32.2 Å². The summed E-state index contributed by atoms with van der Waals surface area (Å²) >= 11 is 0. The first-order valence-corrected chi connectivity index (χ1v) is 13.7. The summed E-state index contributed by atoms with van der Waals surface area (Å²) in [5.41, 5.74) is 3.88. The van der Waals surface area contributed by atoms with E-state index < -0.39 is 16.0 Å². The van der Waals surface area contributed by atoms with Crippen LogP contribution in [0.4, 0.5) is 5.88 Å². The van der Waals surface area contributed by atoms with Crippen molar-refractivity contribution in [3.63, 3.8) is 0 Å². The third kappa shape index (κ3) is 4.96. The van der Waals surface area contributed by atoms with E-state index in [9.17, 15) is 18.3 Å². The summed E-state index contributed by atoms with van der Waals surface area (Å²) in [6.07, 6.45) is 0. The van der Waals surface area contributed by atoms with Gasteiger partial charge >= 0.3 is 5.97 Å². The molecule has 11 heteroatoms. The largest absolute Gasteiger partial charge is 0.478 e. The molecule has 0 saturated heterocycles. The number of aromatic carboxylic acids is 1. The van der Waals surface area contributed by atoms with E-state index in [1.807, 2.05) is 30.3 Å². The Balaban J connectivity index is 1.66. The van der Waals surface area contributed by atoms with Crippen molar-refractivity contribution in [1.29, 1.82) is 0 Å². The lowest BCUT2D eigenvalue weighted by Gasteiger charge is -2.15. The number of imidazole rings is 1. The zero-order chi connectivity index (χ0) is 27.7. The molecule has 0 saturated carbocycles. The van der Waals surface area contributed by atoms with E-state index in [0.29, 0.717) is 45.6 Å². The molecule has 0 spiro atoms. The second-order valence-electron chi connectivity index (χ2n) is 8.92. The number of hydrogen-bond donors (Lipinski definition) is 2. The number of carbonyl (C=O) groups is 1. The number of aryl methyl sites for hydroxylation is 1. The number of sulfonamides is 1. The van der Waals surface area contributed by atoms with Crippen LogP contribution < -0.4 is 9.46 Å². The molecular weight excluding hydrogens is 520 g/mol. The monoisotopic (exact) mass is 546 g/mol. The normalized spacial score (nSPS) is 11.6. The Morgan fingerprint density at radius 3 is 2.51 bits per heavy atom. The molecule has 5 aromatic rings. The first-order chi connectivity index (χ1) is 18.7. The zero-order valence-corrected chi connectivity index (χ0v) is 22.3. The second kappa shape index (κ2) is 10.3. The Bertz CT molecular complexity index is 1790. The smallest absolute Gasteiger partial charge is 0.337 e. The molecular formula is C28H26N4O6S. The van der Waals surface area contributed by atoms with Crippen molar-refractivity contribution in [3.05, 3.63) is 89.1 Å². The van der Waals surface area contributed by atoms with E-state index in [4.69, 9.17) is 9.26 Å². The first kappa shape index (κ1) is 26.0. The van der Waals surface area contributed by atoms with E-state index in [1.165, 1.54) is 6.07 Å². The Kier molecular flexibility index (Phi) is 6.83. The number of benzene rings is 3. The molecule has 0 aliphatic carbocycles. The van der Waals surface area contributed by atoms with Crippen LogP contribution in [0.3, 0.4) is 0 Å². The van der Waals surface area contributed by atoms with E-state index in [1.54, 1.807) is 55.7 Å². The number of carboxylic acid groups (broad SMARTS) is 1. The van der Waals surface area contributed by atoms with Crippen molar-refractivity contribution < 1.29 is 27.6 Å². The van der Waals surface area contributed by atoms with E-state index in [2.05, 4.69) is 14.9 Å². The average molecular weight is 547 g/mol. The minimum Gasteiger partial charge on any atom is -0.478 e. The number of nitrogens with one attached hydrogen (secondary N) is 1. The third-order valence-corrected chi connectivity index (χ3v) is 7.75.